The molecule has 2 aromatic rings. The smallest absolute Gasteiger partial charge is 0.304 e. The van der Waals surface area contributed by atoms with E-state index >= 15 is 0 Å². The van der Waals surface area contributed by atoms with E-state index in [1.165, 1.54) is 38.5 Å². The summed E-state index contributed by atoms with van der Waals surface area (Å²) in [6.45, 7) is 0. The van der Waals surface area contributed by atoms with Gasteiger partial charge in [0.25, 0.3) is 0 Å². The summed E-state index contributed by atoms with van der Waals surface area (Å²) in [7, 11) is 0. The zero-order chi connectivity index (χ0) is 17.5. The van der Waals surface area contributed by atoms with Crippen LogP contribution in [0.15, 0.2) is 34.9 Å². The fourth-order valence-electron chi connectivity index (χ4n) is 3.76. The van der Waals surface area contributed by atoms with Gasteiger partial charge in [0.2, 0.25) is 11.7 Å². The Morgan fingerprint density at radius 2 is 1.96 bits per heavy atom. The molecule has 5 heteroatoms. The monoisotopic (exact) mass is 342 g/mol. The van der Waals surface area contributed by atoms with Gasteiger partial charge in [-0.2, -0.15) is 4.98 Å². The molecule has 1 N–H and O–H groups in total. The van der Waals surface area contributed by atoms with Crippen LogP contribution in [-0.2, 0) is 4.79 Å². The molecule has 1 aliphatic carbocycles. The summed E-state index contributed by atoms with van der Waals surface area (Å²) in [6.07, 6.45) is 9.72. The van der Waals surface area contributed by atoms with Crippen molar-refractivity contribution in [3.05, 3.63) is 36.2 Å². The molecule has 0 unspecified atom stereocenters. The van der Waals surface area contributed by atoms with E-state index in [0.29, 0.717) is 11.7 Å². The average Bonchev–Trinajstić information content (AvgIpc) is 3.12. The average molecular weight is 342 g/mol. The Morgan fingerprint density at radius 3 is 2.68 bits per heavy atom. The molecule has 1 saturated carbocycles. The number of benzene rings is 1. The normalized spacial score (nSPS) is 16.6. The van der Waals surface area contributed by atoms with E-state index in [9.17, 15) is 9.90 Å². The van der Waals surface area contributed by atoms with Gasteiger partial charge in [0.1, 0.15) is 0 Å². The summed E-state index contributed by atoms with van der Waals surface area (Å²) >= 11 is 0. The first-order chi connectivity index (χ1) is 12.2. The second-order valence-electron chi connectivity index (χ2n) is 7.05. The number of aliphatic carboxylic acids is 1. The van der Waals surface area contributed by atoms with Crippen molar-refractivity contribution in [1.82, 2.24) is 10.1 Å². The highest BCUT2D eigenvalue weighted by atomic mass is 16.5. The Balaban J connectivity index is 1.62. The molecule has 1 heterocycles. The van der Waals surface area contributed by atoms with Crippen molar-refractivity contribution < 1.29 is 14.4 Å². The topological polar surface area (TPSA) is 76.2 Å². The minimum absolute atomic E-state index is 0.0427. The highest BCUT2D eigenvalue weighted by Crippen LogP contribution is 2.31. The Bertz CT molecular complexity index is 663. The van der Waals surface area contributed by atoms with Crippen LogP contribution in [0.1, 0.15) is 69.6 Å². The lowest BCUT2D eigenvalue weighted by molar-refractivity contribution is -0.137. The standard InChI is InChI=1S/C20H26N2O3/c23-18(24)14-17(13-7-10-15-8-3-1-4-9-15)20-21-19(22-25-20)16-11-5-2-6-12-16/h2,5-6,11-12,15,17H,1,3-4,7-10,13-14H2,(H,23,24)/t17-/m1/s1. The molecule has 0 saturated heterocycles. The van der Waals surface area contributed by atoms with E-state index in [0.717, 1.165) is 24.3 Å². The van der Waals surface area contributed by atoms with Crippen LogP contribution in [0.2, 0.25) is 0 Å². The lowest BCUT2D eigenvalue weighted by atomic mass is 9.84. The molecule has 25 heavy (non-hydrogen) atoms. The summed E-state index contributed by atoms with van der Waals surface area (Å²) in [5.41, 5.74) is 0.883. The van der Waals surface area contributed by atoms with Crippen LogP contribution >= 0.6 is 0 Å². The van der Waals surface area contributed by atoms with Gasteiger partial charge in [0.05, 0.1) is 6.42 Å². The first-order valence-corrected chi connectivity index (χ1v) is 9.33. The van der Waals surface area contributed by atoms with Crippen LogP contribution in [-0.4, -0.2) is 21.2 Å². The largest absolute Gasteiger partial charge is 0.481 e. The molecule has 1 aromatic heterocycles. The molecule has 1 aliphatic rings. The molecule has 1 aromatic carbocycles. The molecule has 0 amide bonds. The Hall–Kier alpha value is -2.17. The van der Waals surface area contributed by atoms with Crippen LogP contribution in [0.4, 0.5) is 0 Å². The van der Waals surface area contributed by atoms with Crippen molar-refractivity contribution in [2.24, 2.45) is 5.92 Å². The predicted molar refractivity (Wildman–Crippen MR) is 95.2 cm³/mol. The number of nitrogens with zero attached hydrogens (tertiary/aromatic N) is 2. The molecule has 5 nitrogen and oxygen atoms in total. The maximum atomic E-state index is 11.2. The Labute approximate surface area is 148 Å². The number of hydrogen-bond acceptors (Lipinski definition) is 4. The number of hydrogen-bond donors (Lipinski definition) is 1. The van der Waals surface area contributed by atoms with Crippen LogP contribution in [0, 0.1) is 5.92 Å². The van der Waals surface area contributed by atoms with Gasteiger partial charge < -0.3 is 9.63 Å². The van der Waals surface area contributed by atoms with Gasteiger partial charge in [-0.05, 0) is 12.3 Å². The summed E-state index contributed by atoms with van der Waals surface area (Å²) in [5.74, 6) is 0.762. The fraction of sp³-hybridized carbons (Fsp3) is 0.550. The van der Waals surface area contributed by atoms with Gasteiger partial charge in [-0.3, -0.25) is 4.79 Å². The molecule has 0 spiro atoms. The zero-order valence-electron chi connectivity index (χ0n) is 14.6. The molecule has 0 bridgehead atoms. The maximum Gasteiger partial charge on any atom is 0.304 e. The SMILES string of the molecule is O=C(O)C[C@@H](CCCC1CCCCC1)c1nc(-c2ccccc2)no1. The quantitative estimate of drug-likeness (QED) is 0.727. The molecule has 0 radical (unpaired) electrons. The van der Waals surface area contributed by atoms with E-state index in [1.54, 1.807) is 0 Å². The Kier molecular flexibility index (Phi) is 6.20. The van der Waals surface area contributed by atoms with Crippen LogP contribution in [0.25, 0.3) is 11.4 Å². The lowest BCUT2D eigenvalue weighted by Crippen LogP contribution is -2.09. The van der Waals surface area contributed by atoms with Crippen molar-refractivity contribution in [2.75, 3.05) is 0 Å². The summed E-state index contributed by atoms with van der Waals surface area (Å²) in [5, 5.41) is 13.3. The minimum Gasteiger partial charge on any atom is -0.481 e. The van der Waals surface area contributed by atoms with Crippen LogP contribution < -0.4 is 0 Å². The molecule has 134 valence electrons. The third-order valence-electron chi connectivity index (χ3n) is 5.13. The van der Waals surface area contributed by atoms with Gasteiger partial charge in [-0.25, -0.2) is 0 Å². The summed E-state index contributed by atoms with van der Waals surface area (Å²) in [4.78, 5) is 15.7. The van der Waals surface area contributed by atoms with Gasteiger partial charge in [-0.1, -0.05) is 80.4 Å². The number of carbonyl (C=O) groups is 1. The number of carboxylic acids is 1. The third-order valence-corrected chi connectivity index (χ3v) is 5.13. The molecular formula is C20H26N2O3. The number of rotatable bonds is 8. The van der Waals surface area contributed by atoms with E-state index in [4.69, 9.17) is 4.52 Å². The van der Waals surface area contributed by atoms with Crippen LogP contribution in [0.3, 0.4) is 0 Å². The minimum atomic E-state index is -0.817. The second kappa shape index (κ2) is 8.79. The van der Waals surface area contributed by atoms with Crippen molar-refractivity contribution in [1.29, 1.82) is 0 Å². The van der Waals surface area contributed by atoms with Gasteiger partial charge in [0, 0.05) is 11.5 Å². The van der Waals surface area contributed by atoms with Crippen molar-refractivity contribution >= 4 is 5.97 Å². The van der Waals surface area contributed by atoms with Crippen molar-refractivity contribution in [3.63, 3.8) is 0 Å². The lowest BCUT2D eigenvalue weighted by Gasteiger charge is -2.21. The van der Waals surface area contributed by atoms with Crippen molar-refractivity contribution in [2.45, 2.75) is 63.7 Å². The first kappa shape index (κ1) is 17.6. The van der Waals surface area contributed by atoms with Gasteiger partial charge >= 0.3 is 5.97 Å². The second-order valence-corrected chi connectivity index (χ2v) is 7.05. The van der Waals surface area contributed by atoms with E-state index < -0.39 is 5.97 Å². The predicted octanol–water partition coefficient (Wildman–Crippen LogP) is 5.05. The highest BCUT2D eigenvalue weighted by Gasteiger charge is 2.23. The third kappa shape index (κ3) is 5.15. The highest BCUT2D eigenvalue weighted by molar-refractivity contribution is 5.67. The summed E-state index contributed by atoms with van der Waals surface area (Å²) < 4.78 is 5.40. The van der Waals surface area contributed by atoms with E-state index in [2.05, 4.69) is 10.1 Å². The molecule has 1 fully saturated rings. The van der Waals surface area contributed by atoms with E-state index in [1.807, 2.05) is 30.3 Å². The number of aromatic nitrogens is 2. The number of carboxylic acid groups (broad SMARTS) is 1. The van der Waals surface area contributed by atoms with Gasteiger partial charge in [0.15, 0.2) is 0 Å². The molecule has 0 aliphatic heterocycles. The maximum absolute atomic E-state index is 11.2. The zero-order valence-corrected chi connectivity index (χ0v) is 14.6. The van der Waals surface area contributed by atoms with Gasteiger partial charge in [-0.15, -0.1) is 0 Å². The fourth-order valence-corrected chi connectivity index (χ4v) is 3.76. The van der Waals surface area contributed by atoms with Crippen LogP contribution in [0.5, 0.6) is 0 Å². The summed E-state index contributed by atoms with van der Waals surface area (Å²) in [6, 6.07) is 9.62. The Morgan fingerprint density at radius 1 is 1.20 bits per heavy atom. The molecule has 3 rings (SSSR count). The molecule has 1 atom stereocenters. The molecular weight excluding hydrogens is 316 g/mol. The first-order valence-electron chi connectivity index (χ1n) is 9.33. The van der Waals surface area contributed by atoms with E-state index in [-0.39, 0.29) is 12.3 Å². The van der Waals surface area contributed by atoms with Crippen molar-refractivity contribution in [3.8, 4) is 11.4 Å².